The van der Waals surface area contributed by atoms with Gasteiger partial charge < -0.3 is 15.5 Å². The Morgan fingerprint density at radius 3 is 2.85 bits per heavy atom. The van der Waals surface area contributed by atoms with Crippen molar-refractivity contribution in [3.63, 3.8) is 0 Å². The molecule has 2 N–H and O–H groups in total. The highest BCUT2D eigenvalue weighted by Crippen LogP contribution is 2.13. The van der Waals surface area contributed by atoms with Crippen LogP contribution in [0.15, 0.2) is 24.3 Å². The first-order chi connectivity index (χ1) is 9.72. The highest BCUT2D eigenvalue weighted by molar-refractivity contribution is 6.39. The van der Waals surface area contributed by atoms with Gasteiger partial charge in [-0.3, -0.25) is 9.59 Å². The molecule has 0 saturated carbocycles. The molecular weight excluding hydrogens is 256 g/mol. The van der Waals surface area contributed by atoms with Crippen molar-refractivity contribution in [2.45, 2.75) is 6.42 Å². The van der Waals surface area contributed by atoms with Gasteiger partial charge >= 0.3 is 11.8 Å². The van der Waals surface area contributed by atoms with Crippen LogP contribution < -0.4 is 10.6 Å². The second kappa shape index (κ2) is 6.68. The predicted octanol–water partition coefficient (Wildman–Crippen LogP) is 0.319. The zero-order chi connectivity index (χ0) is 14.4. The van der Waals surface area contributed by atoms with Gasteiger partial charge in [-0.05, 0) is 25.1 Å². The second-order valence-corrected chi connectivity index (χ2v) is 4.51. The van der Waals surface area contributed by atoms with Gasteiger partial charge in [0.25, 0.3) is 0 Å². The summed E-state index contributed by atoms with van der Waals surface area (Å²) in [5.41, 5.74) is 0.701. The molecule has 0 atom stereocenters. The number of carbonyl (C=O) groups is 2. The Morgan fingerprint density at radius 1 is 1.25 bits per heavy atom. The van der Waals surface area contributed by atoms with Crippen molar-refractivity contribution in [3.05, 3.63) is 29.8 Å². The van der Waals surface area contributed by atoms with Crippen LogP contribution in [0, 0.1) is 11.3 Å². The molecule has 1 heterocycles. The summed E-state index contributed by atoms with van der Waals surface area (Å²) in [6.45, 7) is 2.63. The van der Waals surface area contributed by atoms with Crippen LogP contribution in [0.2, 0.25) is 0 Å². The second-order valence-electron chi connectivity index (χ2n) is 4.51. The van der Waals surface area contributed by atoms with Gasteiger partial charge in [0.1, 0.15) is 6.07 Å². The largest absolute Gasteiger partial charge is 0.333 e. The van der Waals surface area contributed by atoms with E-state index in [1.165, 1.54) is 4.90 Å². The van der Waals surface area contributed by atoms with Crippen LogP contribution in [-0.2, 0) is 9.59 Å². The van der Waals surface area contributed by atoms with Gasteiger partial charge in [-0.1, -0.05) is 12.1 Å². The highest BCUT2D eigenvalue weighted by atomic mass is 16.2. The van der Waals surface area contributed by atoms with Crippen molar-refractivity contribution in [3.8, 4) is 6.07 Å². The summed E-state index contributed by atoms with van der Waals surface area (Å²) in [6, 6.07) is 8.59. The Labute approximate surface area is 117 Å². The van der Waals surface area contributed by atoms with Gasteiger partial charge in [-0.2, -0.15) is 5.26 Å². The fourth-order valence-corrected chi connectivity index (χ4v) is 2.06. The summed E-state index contributed by atoms with van der Waals surface area (Å²) in [7, 11) is 0. The number of benzene rings is 1. The minimum absolute atomic E-state index is 0.339. The van der Waals surface area contributed by atoms with E-state index in [2.05, 4.69) is 10.6 Å². The monoisotopic (exact) mass is 272 g/mol. The molecule has 0 spiro atoms. The smallest absolute Gasteiger partial charge is 0.313 e. The van der Waals surface area contributed by atoms with Crippen LogP contribution in [0.1, 0.15) is 12.0 Å². The van der Waals surface area contributed by atoms with Crippen molar-refractivity contribution < 1.29 is 9.59 Å². The van der Waals surface area contributed by atoms with Gasteiger partial charge in [0.15, 0.2) is 0 Å². The van der Waals surface area contributed by atoms with E-state index in [1.54, 1.807) is 24.3 Å². The van der Waals surface area contributed by atoms with Gasteiger partial charge in [0.05, 0.1) is 11.3 Å². The van der Waals surface area contributed by atoms with Crippen molar-refractivity contribution in [2.75, 3.05) is 31.5 Å². The van der Waals surface area contributed by atoms with Gasteiger partial charge in [0, 0.05) is 19.6 Å². The fourth-order valence-electron chi connectivity index (χ4n) is 2.06. The number of hydrogen-bond acceptors (Lipinski definition) is 4. The van der Waals surface area contributed by atoms with E-state index in [4.69, 9.17) is 5.26 Å². The van der Waals surface area contributed by atoms with Gasteiger partial charge in [0.2, 0.25) is 0 Å². The molecular formula is C14H16N4O2. The first-order valence-corrected chi connectivity index (χ1v) is 6.52. The molecule has 0 bridgehead atoms. The molecule has 0 unspecified atom stereocenters. The maximum absolute atomic E-state index is 12.1. The lowest BCUT2D eigenvalue weighted by Crippen LogP contribution is -2.41. The summed E-state index contributed by atoms with van der Waals surface area (Å²) in [5.74, 6) is -1.25. The molecule has 2 rings (SSSR count). The van der Waals surface area contributed by atoms with Gasteiger partial charge in [-0.15, -0.1) is 0 Å². The lowest BCUT2D eigenvalue weighted by Gasteiger charge is -2.19. The summed E-state index contributed by atoms with van der Waals surface area (Å²) in [5, 5.41) is 14.6. The zero-order valence-corrected chi connectivity index (χ0v) is 11.1. The summed E-state index contributed by atoms with van der Waals surface area (Å²) >= 11 is 0. The van der Waals surface area contributed by atoms with E-state index in [1.807, 2.05) is 6.07 Å². The molecule has 0 aliphatic carbocycles. The van der Waals surface area contributed by atoms with Crippen LogP contribution in [0.25, 0.3) is 0 Å². The molecule has 1 aliphatic heterocycles. The standard InChI is InChI=1S/C14H16N4O2/c15-10-11-4-1-2-5-12(11)17-13(19)14(20)18-8-3-6-16-7-9-18/h1-2,4-5,16H,3,6-9H2,(H,17,19). The molecule has 1 saturated heterocycles. The SMILES string of the molecule is N#Cc1ccccc1NC(=O)C(=O)N1CCCNCC1. The van der Waals surface area contributed by atoms with Crippen molar-refractivity contribution >= 4 is 17.5 Å². The molecule has 0 radical (unpaired) electrons. The third kappa shape index (κ3) is 3.33. The third-order valence-electron chi connectivity index (χ3n) is 3.12. The first kappa shape index (κ1) is 14.0. The molecule has 0 aromatic heterocycles. The maximum atomic E-state index is 12.1. The lowest BCUT2D eigenvalue weighted by atomic mass is 10.2. The highest BCUT2D eigenvalue weighted by Gasteiger charge is 2.23. The number of nitriles is 1. The quantitative estimate of drug-likeness (QED) is 0.721. The molecule has 2 amide bonds. The molecule has 104 valence electrons. The minimum Gasteiger partial charge on any atom is -0.333 e. The average molecular weight is 272 g/mol. The molecule has 20 heavy (non-hydrogen) atoms. The van der Waals surface area contributed by atoms with E-state index in [-0.39, 0.29) is 0 Å². The topological polar surface area (TPSA) is 85.2 Å². The molecule has 1 aliphatic rings. The molecule has 6 nitrogen and oxygen atoms in total. The Balaban J connectivity index is 2.04. The molecule has 6 heteroatoms. The Kier molecular flexibility index (Phi) is 4.69. The predicted molar refractivity (Wildman–Crippen MR) is 73.9 cm³/mol. The number of nitrogens with one attached hydrogen (secondary N) is 2. The number of anilines is 1. The number of rotatable bonds is 1. The van der Waals surface area contributed by atoms with E-state index in [9.17, 15) is 9.59 Å². The lowest BCUT2D eigenvalue weighted by molar-refractivity contribution is -0.143. The van der Waals surface area contributed by atoms with E-state index in [0.717, 1.165) is 13.0 Å². The third-order valence-corrected chi connectivity index (χ3v) is 3.12. The number of hydrogen-bond donors (Lipinski definition) is 2. The average Bonchev–Trinajstić information content (AvgIpc) is 2.76. The number of carbonyl (C=O) groups excluding carboxylic acids is 2. The Hall–Kier alpha value is -2.39. The zero-order valence-electron chi connectivity index (χ0n) is 11.1. The van der Waals surface area contributed by atoms with Crippen LogP contribution in [0.3, 0.4) is 0 Å². The van der Waals surface area contributed by atoms with Crippen molar-refractivity contribution in [1.82, 2.24) is 10.2 Å². The number of para-hydroxylation sites is 1. The van der Waals surface area contributed by atoms with Gasteiger partial charge in [-0.25, -0.2) is 0 Å². The summed E-state index contributed by atoms with van der Waals surface area (Å²) in [6.07, 6.45) is 0.827. The van der Waals surface area contributed by atoms with Crippen LogP contribution in [0.5, 0.6) is 0 Å². The molecule has 1 fully saturated rings. The molecule has 1 aromatic carbocycles. The first-order valence-electron chi connectivity index (χ1n) is 6.52. The Bertz CT molecular complexity index is 542. The van der Waals surface area contributed by atoms with Crippen LogP contribution >= 0.6 is 0 Å². The fraction of sp³-hybridized carbons (Fsp3) is 0.357. The number of nitrogens with zero attached hydrogens (tertiary/aromatic N) is 2. The van der Waals surface area contributed by atoms with Crippen LogP contribution in [-0.4, -0.2) is 42.9 Å². The minimum atomic E-state index is -0.699. The van der Waals surface area contributed by atoms with E-state index in [0.29, 0.717) is 30.9 Å². The van der Waals surface area contributed by atoms with Crippen molar-refractivity contribution in [1.29, 1.82) is 5.26 Å². The summed E-state index contributed by atoms with van der Waals surface area (Å²) in [4.78, 5) is 25.6. The van der Waals surface area contributed by atoms with Crippen molar-refractivity contribution in [2.24, 2.45) is 0 Å². The number of amides is 2. The summed E-state index contributed by atoms with van der Waals surface area (Å²) < 4.78 is 0. The normalized spacial score (nSPS) is 15.1. The van der Waals surface area contributed by atoms with E-state index >= 15 is 0 Å². The maximum Gasteiger partial charge on any atom is 0.313 e. The van der Waals surface area contributed by atoms with Crippen LogP contribution in [0.4, 0.5) is 5.69 Å². The Morgan fingerprint density at radius 2 is 2.05 bits per heavy atom. The van der Waals surface area contributed by atoms with E-state index < -0.39 is 11.8 Å². The molecule has 1 aromatic rings.